The van der Waals surface area contributed by atoms with Crippen LogP contribution in [0.15, 0.2) is 18.3 Å². The summed E-state index contributed by atoms with van der Waals surface area (Å²) in [5, 5.41) is 0. The molecular formula is C12H19N3O2. The molecule has 1 amide bonds. The minimum atomic E-state index is -0.112. The zero-order valence-electron chi connectivity index (χ0n) is 10.3. The summed E-state index contributed by atoms with van der Waals surface area (Å²) in [6.45, 7) is 6.25. The van der Waals surface area contributed by atoms with E-state index >= 15 is 0 Å². The van der Waals surface area contributed by atoms with Gasteiger partial charge in [-0.1, -0.05) is 0 Å². The van der Waals surface area contributed by atoms with Crippen LogP contribution in [0.5, 0.6) is 0 Å². The van der Waals surface area contributed by atoms with E-state index in [1.807, 2.05) is 13.8 Å². The maximum atomic E-state index is 12.1. The largest absolute Gasteiger partial charge is 0.399 e. The summed E-state index contributed by atoms with van der Waals surface area (Å²) in [6.07, 6.45) is 1.54. The van der Waals surface area contributed by atoms with E-state index in [1.54, 1.807) is 23.2 Å². The summed E-state index contributed by atoms with van der Waals surface area (Å²) >= 11 is 0. The first-order valence-corrected chi connectivity index (χ1v) is 5.77. The number of hydrogen-bond donors (Lipinski definition) is 1. The maximum absolute atomic E-state index is 12.1. The van der Waals surface area contributed by atoms with Crippen LogP contribution in [0, 0.1) is 0 Å². The first-order valence-electron chi connectivity index (χ1n) is 5.77. The van der Waals surface area contributed by atoms with Crippen molar-refractivity contribution in [2.75, 3.05) is 32.0 Å². The number of anilines is 1. The molecule has 94 valence electrons. The number of pyridine rings is 1. The van der Waals surface area contributed by atoms with Crippen molar-refractivity contribution >= 4 is 11.6 Å². The predicted molar refractivity (Wildman–Crippen MR) is 66.7 cm³/mol. The molecule has 0 saturated carbocycles. The lowest BCUT2D eigenvalue weighted by atomic mass is 10.3. The Hall–Kier alpha value is -1.62. The van der Waals surface area contributed by atoms with Gasteiger partial charge in [-0.3, -0.25) is 9.78 Å². The van der Waals surface area contributed by atoms with Crippen molar-refractivity contribution in [3.8, 4) is 0 Å². The van der Waals surface area contributed by atoms with Gasteiger partial charge in [0.1, 0.15) is 5.69 Å². The quantitative estimate of drug-likeness (QED) is 0.754. The number of likely N-dealkylation sites (N-methyl/N-ethyl adjacent to an activating group) is 1. The number of nitrogen functional groups attached to an aromatic ring is 1. The first kappa shape index (κ1) is 13.4. The normalized spacial score (nSPS) is 10.2. The van der Waals surface area contributed by atoms with Crippen molar-refractivity contribution in [3.05, 3.63) is 24.0 Å². The monoisotopic (exact) mass is 237 g/mol. The molecule has 0 atom stereocenters. The topological polar surface area (TPSA) is 68.5 Å². The third-order valence-corrected chi connectivity index (χ3v) is 2.38. The van der Waals surface area contributed by atoms with Crippen molar-refractivity contribution in [2.45, 2.75) is 13.8 Å². The van der Waals surface area contributed by atoms with E-state index in [0.717, 1.165) is 0 Å². The third-order valence-electron chi connectivity index (χ3n) is 2.38. The number of ether oxygens (including phenoxy) is 1. The van der Waals surface area contributed by atoms with Crippen molar-refractivity contribution in [1.82, 2.24) is 9.88 Å². The molecule has 0 unspecified atom stereocenters. The van der Waals surface area contributed by atoms with Crippen LogP contribution in [0.4, 0.5) is 5.69 Å². The van der Waals surface area contributed by atoms with Gasteiger partial charge in [-0.25, -0.2) is 0 Å². The van der Waals surface area contributed by atoms with Crippen LogP contribution < -0.4 is 5.73 Å². The molecule has 5 heteroatoms. The van der Waals surface area contributed by atoms with Crippen LogP contribution in [0.2, 0.25) is 0 Å². The van der Waals surface area contributed by atoms with Gasteiger partial charge in [0.15, 0.2) is 0 Å². The summed E-state index contributed by atoms with van der Waals surface area (Å²) in [4.78, 5) is 17.8. The lowest BCUT2D eigenvalue weighted by molar-refractivity contribution is 0.0664. The van der Waals surface area contributed by atoms with Crippen LogP contribution in [0.25, 0.3) is 0 Å². The van der Waals surface area contributed by atoms with Gasteiger partial charge < -0.3 is 15.4 Å². The number of aromatic nitrogens is 1. The van der Waals surface area contributed by atoms with Crippen molar-refractivity contribution in [3.63, 3.8) is 0 Å². The molecule has 1 heterocycles. The van der Waals surface area contributed by atoms with Crippen LogP contribution in [0.3, 0.4) is 0 Å². The van der Waals surface area contributed by atoms with Crippen LogP contribution >= 0.6 is 0 Å². The first-order chi connectivity index (χ1) is 8.19. The van der Waals surface area contributed by atoms with E-state index in [4.69, 9.17) is 10.5 Å². The number of carbonyl (C=O) groups excluding carboxylic acids is 1. The highest BCUT2D eigenvalue weighted by Gasteiger charge is 2.15. The van der Waals surface area contributed by atoms with E-state index in [9.17, 15) is 4.79 Å². The Kier molecular flexibility index (Phi) is 5.42. The highest BCUT2D eigenvalue weighted by Crippen LogP contribution is 2.06. The molecule has 0 bridgehead atoms. The second-order valence-electron chi connectivity index (χ2n) is 3.56. The molecule has 0 aliphatic carbocycles. The summed E-state index contributed by atoms with van der Waals surface area (Å²) in [5.74, 6) is -0.112. The molecular weight excluding hydrogens is 218 g/mol. The van der Waals surface area contributed by atoms with E-state index in [2.05, 4.69) is 4.98 Å². The Balaban J connectivity index is 2.65. The molecule has 0 aliphatic rings. The molecule has 0 radical (unpaired) electrons. The highest BCUT2D eigenvalue weighted by atomic mass is 16.5. The van der Waals surface area contributed by atoms with Gasteiger partial charge >= 0.3 is 0 Å². The van der Waals surface area contributed by atoms with Gasteiger partial charge in [0.25, 0.3) is 5.91 Å². The number of rotatable bonds is 6. The highest BCUT2D eigenvalue weighted by molar-refractivity contribution is 5.93. The van der Waals surface area contributed by atoms with Crippen LogP contribution in [0.1, 0.15) is 24.3 Å². The van der Waals surface area contributed by atoms with Crippen molar-refractivity contribution in [2.24, 2.45) is 0 Å². The summed E-state index contributed by atoms with van der Waals surface area (Å²) in [7, 11) is 0. The molecule has 2 N–H and O–H groups in total. The van der Waals surface area contributed by atoms with E-state index in [1.165, 1.54) is 0 Å². The van der Waals surface area contributed by atoms with E-state index in [-0.39, 0.29) is 5.91 Å². The summed E-state index contributed by atoms with van der Waals surface area (Å²) < 4.78 is 5.24. The van der Waals surface area contributed by atoms with Gasteiger partial charge in [-0.2, -0.15) is 0 Å². The number of amides is 1. The van der Waals surface area contributed by atoms with Gasteiger partial charge in [-0.05, 0) is 26.0 Å². The van der Waals surface area contributed by atoms with Gasteiger partial charge in [-0.15, -0.1) is 0 Å². The van der Waals surface area contributed by atoms with Gasteiger partial charge in [0.05, 0.1) is 6.61 Å². The Bertz CT molecular complexity index is 369. The zero-order chi connectivity index (χ0) is 12.7. The van der Waals surface area contributed by atoms with Crippen LogP contribution in [-0.2, 0) is 4.74 Å². The third kappa shape index (κ3) is 4.03. The zero-order valence-corrected chi connectivity index (χ0v) is 10.3. The molecule has 17 heavy (non-hydrogen) atoms. The van der Waals surface area contributed by atoms with Gasteiger partial charge in [0, 0.05) is 31.6 Å². The Morgan fingerprint density at radius 3 is 2.88 bits per heavy atom. The minimum Gasteiger partial charge on any atom is -0.399 e. The fourth-order valence-electron chi connectivity index (χ4n) is 1.45. The molecule has 0 fully saturated rings. The molecule has 1 aromatic rings. The Labute approximate surface area is 102 Å². The lowest BCUT2D eigenvalue weighted by Gasteiger charge is -2.20. The molecule has 1 rings (SSSR count). The van der Waals surface area contributed by atoms with Crippen LogP contribution in [-0.4, -0.2) is 42.1 Å². The fourth-order valence-corrected chi connectivity index (χ4v) is 1.45. The molecule has 1 aromatic heterocycles. The average Bonchev–Trinajstić information content (AvgIpc) is 2.34. The summed E-state index contributed by atoms with van der Waals surface area (Å²) in [5.41, 5.74) is 6.55. The molecule has 0 spiro atoms. The fraction of sp³-hybridized carbons (Fsp3) is 0.500. The predicted octanol–water partition coefficient (Wildman–Crippen LogP) is 1.16. The molecule has 0 aliphatic heterocycles. The average molecular weight is 237 g/mol. The van der Waals surface area contributed by atoms with E-state index in [0.29, 0.717) is 37.7 Å². The SMILES string of the molecule is CCOCCN(CC)C(=O)c1cc(N)ccn1. The number of nitrogens with two attached hydrogens (primary N) is 1. The molecule has 0 aromatic carbocycles. The Morgan fingerprint density at radius 2 is 2.29 bits per heavy atom. The second kappa shape index (κ2) is 6.85. The number of carbonyl (C=O) groups is 1. The van der Waals surface area contributed by atoms with E-state index < -0.39 is 0 Å². The molecule has 0 saturated heterocycles. The summed E-state index contributed by atoms with van der Waals surface area (Å²) in [6, 6.07) is 3.25. The second-order valence-corrected chi connectivity index (χ2v) is 3.56. The maximum Gasteiger partial charge on any atom is 0.272 e. The molecule has 5 nitrogen and oxygen atoms in total. The smallest absolute Gasteiger partial charge is 0.272 e. The van der Waals surface area contributed by atoms with Crippen molar-refractivity contribution < 1.29 is 9.53 Å². The number of nitrogens with zero attached hydrogens (tertiary/aromatic N) is 2. The van der Waals surface area contributed by atoms with Gasteiger partial charge in [0.2, 0.25) is 0 Å². The number of hydrogen-bond acceptors (Lipinski definition) is 4. The minimum absolute atomic E-state index is 0.112. The standard InChI is InChI=1S/C12H19N3O2/c1-3-15(7-8-17-4-2)12(16)11-9-10(13)5-6-14-11/h5-6,9H,3-4,7-8H2,1-2H3,(H2,13,14). The van der Waals surface area contributed by atoms with Crippen molar-refractivity contribution in [1.29, 1.82) is 0 Å². The Morgan fingerprint density at radius 1 is 1.53 bits per heavy atom. The lowest BCUT2D eigenvalue weighted by Crippen LogP contribution is -2.34.